The molecule has 236 valence electrons. The number of carbonyl (C=O) groups is 2. The van der Waals surface area contributed by atoms with Crippen LogP contribution in [0.4, 0.5) is 5.82 Å². The van der Waals surface area contributed by atoms with Crippen molar-refractivity contribution in [3.63, 3.8) is 0 Å². The molecule has 1 saturated carbocycles. The minimum absolute atomic E-state index is 0.0298. The molecule has 1 amide bonds. The molecule has 10 nitrogen and oxygen atoms in total. The molecule has 0 unspecified atom stereocenters. The molecule has 2 aliphatic rings. The van der Waals surface area contributed by atoms with E-state index in [-0.39, 0.29) is 29.2 Å². The molecular formula is C34H41N5O5Si. The number of hydrogen-bond acceptors (Lipinski definition) is 8. The Balaban J connectivity index is 1.37. The van der Waals surface area contributed by atoms with E-state index in [1.54, 1.807) is 28.8 Å². The largest absolute Gasteiger partial charge is 0.408 e. The van der Waals surface area contributed by atoms with Gasteiger partial charge in [0, 0.05) is 5.56 Å². The van der Waals surface area contributed by atoms with Gasteiger partial charge in [-0.05, 0) is 55.1 Å². The van der Waals surface area contributed by atoms with E-state index < -0.39 is 31.9 Å². The number of benzene rings is 2. The molecule has 1 aliphatic carbocycles. The molecule has 0 bridgehead atoms. The Bertz CT molecular complexity index is 1700. The fraction of sp³-hybridized carbons (Fsp3) is 0.441. The van der Waals surface area contributed by atoms with Gasteiger partial charge in [-0.3, -0.25) is 14.2 Å². The van der Waals surface area contributed by atoms with Crippen molar-refractivity contribution in [2.75, 3.05) is 5.32 Å². The first kappa shape index (κ1) is 31.2. The van der Waals surface area contributed by atoms with Gasteiger partial charge in [0.15, 0.2) is 37.6 Å². The summed E-state index contributed by atoms with van der Waals surface area (Å²) in [5.74, 6) is -0.293. The first-order valence-corrected chi connectivity index (χ1v) is 18.4. The lowest BCUT2D eigenvalue weighted by Gasteiger charge is -2.47. The number of imidazole rings is 1. The molecule has 1 aliphatic heterocycles. The van der Waals surface area contributed by atoms with E-state index >= 15 is 0 Å². The molecule has 2 aromatic heterocycles. The number of anilines is 1. The maximum absolute atomic E-state index is 14.5. The summed E-state index contributed by atoms with van der Waals surface area (Å²) >= 11 is 0. The monoisotopic (exact) mass is 627 g/mol. The van der Waals surface area contributed by atoms with Crippen molar-refractivity contribution in [1.82, 2.24) is 19.5 Å². The Morgan fingerprint density at radius 1 is 1.04 bits per heavy atom. The van der Waals surface area contributed by atoms with Crippen LogP contribution in [0.3, 0.4) is 0 Å². The van der Waals surface area contributed by atoms with Gasteiger partial charge in [-0.15, -0.1) is 0 Å². The number of hydrogen-bond donors (Lipinski definition) is 1. The summed E-state index contributed by atoms with van der Waals surface area (Å²) in [5.41, 5.74) is 0.501. The van der Waals surface area contributed by atoms with E-state index in [0.717, 1.165) is 18.4 Å². The highest BCUT2D eigenvalue weighted by Crippen LogP contribution is 2.60. The molecule has 1 N–H and O–H groups in total. The summed E-state index contributed by atoms with van der Waals surface area (Å²) in [6.45, 7) is 13.4. The van der Waals surface area contributed by atoms with Crippen molar-refractivity contribution < 1.29 is 23.5 Å². The van der Waals surface area contributed by atoms with Crippen LogP contribution in [0.2, 0.25) is 18.1 Å². The number of aromatic nitrogens is 4. The molecule has 45 heavy (non-hydrogen) atoms. The number of carbonyl (C=O) groups excluding carboxylic acids is 2. The highest BCUT2D eigenvalue weighted by molar-refractivity contribution is 6.74. The van der Waals surface area contributed by atoms with Gasteiger partial charge in [-0.1, -0.05) is 76.2 Å². The second kappa shape index (κ2) is 11.5. The third-order valence-corrected chi connectivity index (χ3v) is 14.2. The molecule has 6 rings (SSSR count). The fourth-order valence-corrected chi connectivity index (χ4v) is 7.69. The number of nitrogens with zero attached hydrogens (tertiary/aromatic N) is 4. The normalized spacial score (nSPS) is 22.9. The van der Waals surface area contributed by atoms with Crippen LogP contribution in [-0.2, 0) is 25.3 Å². The molecule has 1 saturated heterocycles. The lowest BCUT2D eigenvalue weighted by molar-refractivity contribution is -0.184. The van der Waals surface area contributed by atoms with E-state index in [2.05, 4.69) is 54.1 Å². The minimum atomic E-state index is -2.26. The summed E-state index contributed by atoms with van der Waals surface area (Å²) in [4.78, 5) is 40.7. The van der Waals surface area contributed by atoms with Gasteiger partial charge in [0.25, 0.3) is 5.91 Å². The average Bonchev–Trinajstić information content (AvgIpc) is 3.56. The number of ketones is 1. The molecule has 2 fully saturated rings. The molecule has 4 aromatic rings. The van der Waals surface area contributed by atoms with Crippen molar-refractivity contribution in [3.8, 4) is 0 Å². The van der Waals surface area contributed by atoms with Crippen LogP contribution in [0, 0.1) is 0 Å². The third-order valence-electron chi connectivity index (χ3n) is 9.64. The number of fused-ring (bicyclic) bond motifs is 1. The van der Waals surface area contributed by atoms with Crippen molar-refractivity contribution in [1.29, 1.82) is 0 Å². The van der Waals surface area contributed by atoms with E-state index in [1.165, 1.54) is 12.7 Å². The maximum atomic E-state index is 14.5. The third kappa shape index (κ3) is 5.52. The molecule has 3 atom stereocenters. The highest BCUT2D eigenvalue weighted by atomic mass is 28.4. The molecule has 11 heteroatoms. The smallest absolute Gasteiger partial charge is 0.256 e. The predicted molar refractivity (Wildman–Crippen MR) is 173 cm³/mol. The van der Waals surface area contributed by atoms with Gasteiger partial charge in [-0.2, -0.15) is 0 Å². The van der Waals surface area contributed by atoms with Gasteiger partial charge in [0.05, 0.1) is 18.5 Å². The van der Waals surface area contributed by atoms with Crippen LogP contribution >= 0.6 is 0 Å². The maximum Gasteiger partial charge on any atom is 0.256 e. The Morgan fingerprint density at radius 2 is 1.71 bits per heavy atom. The summed E-state index contributed by atoms with van der Waals surface area (Å²) in [5, 5.41) is 2.80. The molecule has 2 aromatic carbocycles. The molecule has 0 spiro atoms. The zero-order chi connectivity index (χ0) is 32.0. The highest BCUT2D eigenvalue weighted by Gasteiger charge is 2.72. The van der Waals surface area contributed by atoms with Crippen LogP contribution in [0.5, 0.6) is 0 Å². The fourth-order valence-electron chi connectivity index (χ4n) is 6.03. The standard InChI is InChI=1S/C34H41N5O5Si/c1-7-34(33(18-19-33)44-45(5,6)32(2,3)4)27(42-20-23-14-10-8-11-15-23)26(40)31(43-34)39-22-37-25-28(35-21-36-29(25)39)38-30(41)24-16-12-9-13-17-24/h8-17,21-22,27,31H,7,18-20H2,1-6H3,(H,35,36,38,41)/t27-,31-,34-/m1/s1. The lowest BCUT2D eigenvalue weighted by atomic mass is 9.85. The zero-order valence-electron chi connectivity index (χ0n) is 26.7. The van der Waals surface area contributed by atoms with Crippen molar-refractivity contribution in [3.05, 3.63) is 84.4 Å². The Hall–Kier alpha value is -3.77. The van der Waals surface area contributed by atoms with Gasteiger partial charge >= 0.3 is 0 Å². The Kier molecular flexibility index (Phi) is 8.01. The van der Waals surface area contributed by atoms with Crippen LogP contribution in [0.15, 0.2) is 73.3 Å². The van der Waals surface area contributed by atoms with E-state index in [4.69, 9.17) is 13.9 Å². The van der Waals surface area contributed by atoms with Crippen LogP contribution in [0.25, 0.3) is 11.2 Å². The lowest BCUT2D eigenvalue weighted by Crippen LogP contribution is -2.59. The molecule has 0 radical (unpaired) electrons. The van der Waals surface area contributed by atoms with Crippen molar-refractivity contribution in [2.24, 2.45) is 0 Å². The summed E-state index contributed by atoms with van der Waals surface area (Å²) in [6, 6.07) is 18.7. The van der Waals surface area contributed by atoms with Gasteiger partial charge in [0.2, 0.25) is 5.78 Å². The minimum Gasteiger partial charge on any atom is -0.408 e. The first-order chi connectivity index (χ1) is 21.4. The first-order valence-electron chi connectivity index (χ1n) is 15.5. The summed E-state index contributed by atoms with van der Waals surface area (Å²) < 4.78 is 22.2. The summed E-state index contributed by atoms with van der Waals surface area (Å²) in [6.07, 6.45) is 3.01. The SMILES string of the molecule is CC[C@@]1(C2(O[Si](C)(C)C(C)(C)C)CC2)O[C@@H](n2cnc3c(NC(=O)c4ccccc4)ncnc32)C(=O)[C@H]1OCc1ccccc1. The van der Waals surface area contributed by atoms with Crippen LogP contribution in [0.1, 0.15) is 69.1 Å². The number of nitrogens with one attached hydrogen (secondary N) is 1. The quantitative estimate of drug-likeness (QED) is 0.199. The second-order valence-corrected chi connectivity index (χ2v) is 18.2. The van der Waals surface area contributed by atoms with Gasteiger partial charge < -0.3 is 19.2 Å². The average molecular weight is 628 g/mol. The Labute approximate surface area is 264 Å². The number of ether oxygens (including phenoxy) is 2. The number of rotatable bonds is 10. The number of Topliss-reactive ketones (excluding diaryl/α,β-unsaturated/α-hetero) is 1. The van der Waals surface area contributed by atoms with Crippen molar-refractivity contribution >= 4 is 37.0 Å². The second-order valence-electron chi connectivity index (χ2n) is 13.5. The van der Waals surface area contributed by atoms with E-state index in [9.17, 15) is 9.59 Å². The number of amides is 1. The van der Waals surface area contributed by atoms with Gasteiger partial charge in [-0.25, -0.2) is 15.0 Å². The Morgan fingerprint density at radius 3 is 2.33 bits per heavy atom. The van der Waals surface area contributed by atoms with E-state index in [1.807, 2.05) is 43.3 Å². The van der Waals surface area contributed by atoms with Crippen LogP contribution < -0.4 is 5.32 Å². The van der Waals surface area contributed by atoms with Gasteiger partial charge in [0.1, 0.15) is 11.9 Å². The van der Waals surface area contributed by atoms with Crippen LogP contribution in [-0.4, -0.2) is 56.8 Å². The summed E-state index contributed by atoms with van der Waals surface area (Å²) in [7, 11) is -2.26. The van der Waals surface area contributed by atoms with Crippen molar-refractivity contribution in [2.45, 2.75) is 95.2 Å². The predicted octanol–water partition coefficient (Wildman–Crippen LogP) is 6.47. The molecule has 3 heterocycles. The topological polar surface area (TPSA) is 117 Å². The molecular weight excluding hydrogens is 586 g/mol. The zero-order valence-corrected chi connectivity index (χ0v) is 27.7. The van der Waals surface area contributed by atoms with E-state index in [0.29, 0.717) is 23.1 Å².